The Kier molecular flexibility index (Phi) is 3.78. The molecule has 0 N–H and O–H groups in total. The van der Waals surface area contributed by atoms with Gasteiger partial charge in [0.05, 0.1) is 29.8 Å². The third kappa shape index (κ3) is 2.36. The third-order valence-electron chi connectivity index (χ3n) is 2.54. The van der Waals surface area contributed by atoms with Crippen LogP contribution in [0.3, 0.4) is 0 Å². The molecule has 1 aliphatic rings. The number of ether oxygens (including phenoxy) is 1. The van der Waals surface area contributed by atoms with Gasteiger partial charge in [-0.2, -0.15) is 0 Å². The van der Waals surface area contributed by atoms with Gasteiger partial charge in [0.25, 0.3) is 5.91 Å². The van der Waals surface area contributed by atoms with Gasteiger partial charge in [0, 0.05) is 13.1 Å². The van der Waals surface area contributed by atoms with E-state index in [2.05, 4.69) is 4.98 Å². The number of carbonyl (C=O) groups excluding carboxylic acids is 1. The van der Waals surface area contributed by atoms with Crippen LogP contribution >= 0.6 is 22.9 Å². The Morgan fingerprint density at radius 3 is 3.25 bits per heavy atom. The Morgan fingerprint density at radius 2 is 2.62 bits per heavy atom. The molecule has 1 amide bonds. The summed E-state index contributed by atoms with van der Waals surface area (Å²) in [5, 5.41) is 0. The number of aryl methyl sites for hydroxylation is 1. The molecule has 4 nitrogen and oxygen atoms in total. The van der Waals surface area contributed by atoms with E-state index in [0.717, 1.165) is 10.6 Å². The highest BCUT2D eigenvalue weighted by molar-refractivity contribution is 7.11. The SMILES string of the molecule is Cc1ncsc1C(=O)N1CCOC(CCl)C1. The number of nitrogens with zero attached hydrogens (tertiary/aromatic N) is 2. The molecule has 1 saturated heterocycles. The second kappa shape index (κ2) is 5.12. The number of amides is 1. The molecule has 6 heteroatoms. The van der Waals surface area contributed by atoms with Gasteiger partial charge in [-0.05, 0) is 6.92 Å². The van der Waals surface area contributed by atoms with E-state index < -0.39 is 0 Å². The summed E-state index contributed by atoms with van der Waals surface area (Å²) in [7, 11) is 0. The monoisotopic (exact) mass is 260 g/mol. The summed E-state index contributed by atoms with van der Waals surface area (Å²) in [6.45, 7) is 3.60. The van der Waals surface area contributed by atoms with Crippen LogP contribution in [-0.4, -0.2) is 47.5 Å². The van der Waals surface area contributed by atoms with Gasteiger partial charge in [-0.15, -0.1) is 22.9 Å². The fourth-order valence-electron chi connectivity index (χ4n) is 1.65. The Hall–Kier alpha value is -0.650. The van der Waals surface area contributed by atoms with Crippen LogP contribution in [0.2, 0.25) is 0 Å². The molecule has 0 spiro atoms. The lowest BCUT2D eigenvalue weighted by atomic mass is 10.2. The van der Waals surface area contributed by atoms with Crippen LogP contribution in [0.25, 0.3) is 0 Å². The lowest BCUT2D eigenvalue weighted by Gasteiger charge is -2.31. The Morgan fingerprint density at radius 1 is 1.81 bits per heavy atom. The number of rotatable bonds is 2. The lowest BCUT2D eigenvalue weighted by Crippen LogP contribution is -2.46. The standard InChI is InChI=1S/C10H13ClN2O2S/c1-7-9(16-6-12-7)10(14)13-2-3-15-8(4-11)5-13/h6,8H,2-5H2,1H3. The van der Waals surface area contributed by atoms with Gasteiger partial charge in [-0.25, -0.2) is 4.98 Å². The summed E-state index contributed by atoms with van der Waals surface area (Å²) in [6, 6.07) is 0. The minimum absolute atomic E-state index is 0.0402. The smallest absolute Gasteiger partial charge is 0.266 e. The minimum Gasteiger partial charge on any atom is -0.373 e. The molecular formula is C10H13ClN2O2S. The van der Waals surface area contributed by atoms with Gasteiger partial charge in [0.2, 0.25) is 0 Å². The highest BCUT2D eigenvalue weighted by Crippen LogP contribution is 2.17. The first-order chi connectivity index (χ1) is 7.72. The number of halogens is 1. The van der Waals surface area contributed by atoms with E-state index in [1.54, 1.807) is 10.4 Å². The normalized spacial score (nSPS) is 21.1. The number of morpholine rings is 1. The highest BCUT2D eigenvalue weighted by atomic mass is 35.5. The Labute approximate surface area is 103 Å². The molecule has 1 aromatic rings. The van der Waals surface area contributed by atoms with Crippen LogP contribution in [0.1, 0.15) is 15.4 Å². The van der Waals surface area contributed by atoms with Gasteiger partial charge >= 0.3 is 0 Å². The molecule has 2 rings (SSSR count). The summed E-state index contributed by atoms with van der Waals surface area (Å²) in [4.78, 5) is 18.7. The minimum atomic E-state index is -0.0485. The van der Waals surface area contributed by atoms with Crippen molar-refractivity contribution in [3.05, 3.63) is 16.1 Å². The Balaban J connectivity index is 2.07. The predicted octanol–water partition coefficient (Wildman–Crippen LogP) is 1.53. The van der Waals surface area contributed by atoms with E-state index in [-0.39, 0.29) is 12.0 Å². The van der Waals surface area contributed by atoms with Crippen LogP contribution in [0.5, 0.6) is 0 Å². The number of alkyl halides is 1. The maximum absolute atomic E-state index is 12.1. The topological polar surface area (TPSA) is 42.4 Å². The Bertz CT molecular complexity index is 383. The molecular weight excluding hydrogens is 248 g/mol. The first-order valence-electron chi connectivity index (χ1n) is 5.09. The number of thiazole rings is 1. The summed E-state index contributed by atoms with van der Waals surface area (Å²) < 4.78 is 5.42. The molecule has 0 aromatic carbocycles. The summed E-state index contributed by atoms with van der Waals surface area (Å²) >= 11 is 7.12. The van der Waals surface area contributed by atoms with Crippen LogP contribution in [0.15, 0.2) is 5.51 Å². The average Bonchev–Trinajstić information content (AvgIpc) is 2.74. The second-order valence-corrected chi connectivity index (χ2v) is 4.83. The maximum Gasteiger partial charge on any atom is 0.266 e. The van der Waals surface area contributed by atoms with E-state index in [0.29, 0.717) is 25.6 Å². The molecule has 0 saturated carbocycles. The molecule has 1 aliphatic heterocycles. The zero-order valence-corrected chi connectivity index (χ0v) is 10.6. The summed E-state index contributed by atoms with van der Waals surface area (Å²) in [5.41, 5.74) is 2.49. The van der Waals surface area contributed by atoms with Gasteiger partial charge in [0.15, 0.2) is 0 Å². The van der Waals surface area contributed by atoms with E-state index in [1.807, 2.05) is 6.92 Å². The number of aromatic nitrogens is 1. The summed E-state index contributed by atoms with van der Waals surface area (Å²) in [5.74, 6) is 0.462. The molecule has 0 bridgehead atoms. The van der Waals surface area contributed by atoms with Crippen molar-refractivity contribution in [3.63, 3.8) is 0 Å². The van der Waals surface area contributed by atoms with Crippen LogP contribution in [-0.2, 0) is 4.74 Å². The van der Waals surface area contributed by atoms with Gasteiger partial charge in [-0.1, -0.05) is 0 Å². The largest absolute Gasteiger partial charge is 0.373 e. The van der Waals surface area contributed by atoms with E-state index in [9.17, 15) is 4.79 Å². The number of hydrogen-bond acceptors (Lipinski definition) is 4. The van der Waals surface area contributed by atoms with Crippen molar-refractivity contribution >= 4 is 28.8 Å². The van der Waals surface area contributed by atoms with Crippen molar-refractivity contribution in [3.8, 4) is 0 Å². The summed E-state index contributed by atoms with van der Waals surface area (Å²) in [6.07, 6.45) is -0.0485. The van der Waals surface area contributed by atoms with E-state index in [1.165, 1.54) is 11.3 Å². The first-order valence-corrected chi connectivity index (χ1v) is 6.50. The lowest BCUT2D eigenvalue weighted by molar-refractivity contribution is -0.0106. The van der Waals surface area contributed by atoms with Crippen molar-refractivity contribution in [2.75, 3.05) is 25.6 Å². The van der Waals surface area contributed by atoms with Crippen molar-refractivity contribution in [1.29, 1.82) is 0 Å². The van der Waals surface area contributed by atoms with Crippen molar-refractivity contribution in [2.45, 2.75) is 13.0 Å². The number of hydrogen-bond donors (Lipinski definition) is 0. The zero-order valence-electron chi connectivity index (χ0n) is 8.98. The third-order valence-corrected chi connectivity index (χ3v) is 3.80. The van der Waals surface area contributed by atoms with Crippen molar-refractivity contribution < 1.29 is 9.53 Å². The molecule has 2 heterocycles. The average molecular weight is 261 g/mol. The van der Waals surface area contributed by atoms with Crippen LogP contribution < -0.4 is 0 Å². The van der Waals surface area contributed by atoms with E-state index >= 15 is 0 Å². The molecule has 1 unspecified atom stereocenters. The van der Waals surface area contributed by atoms with Crippen LogP contribution in [0.4, 0.5) is 0 Å². The highest BCUT2D eigenvalue weighted by Gasteiger charge is 2.26. The van der Waals surface area contributed by atoms with Gasteiger partial charge < -0.3 is 9.64 Å². The number of carbonyl (C=O) groups is 1. The van der Waals surface area contributed by atoms with Gasteiger partial charge in [-0.3, -0.25) is 4.79 Å². The molecule has 16 heavy (non-hydrogen) atoms. The predicted molar refractivity (Wildman–Crippen MR) is 63.2 cm³/mol. The quantitative estimate of drug-likeness (QED) is 0.758. The van der Waals surface area contributed by atoms with E-state index in [4.69, 9.17) is 16.3 Å². The zero-order chi connectivity index (χ0) is 11.5. The molecule has 88 valence electrons. The fraction of sp³-hybridized carbons (Fsp3) is 0.600. The van der Waals surface area contributed by atoms with Crippen molar-refractivity contribution in [2.24, 2.45) is 0 Å². The molecule has 1 atom stereocenters. The molecule has 1 aromatic heterocycles. The molecule has 1 fully saturated rings. The van der Waals surface area contributed by atoms with Crippen LogP contribution in [0, 0.1) is 6.92 Å². The second-order valence-electron chi connectivity index (χ2n) is 3.67. The van der Waals surface area contributed by atoms with Crippen molar-refractivity contribution in [1.82, 2.24) is 9.88 Å². The van der Waals surface area contributed by atoms with Gasteiger partial charge in [0.1, 0.15) is 4.88 Å². The fourth-order valence-corrected chi connectivity index (χ4v) is 2.60. The maximum atomic E-state index is 12.1. The first kappa shape index (κ1) is 11.8. The molecule has 0 aliphatic carbocycles. The molecule has 0 radical (unpaired) electrons.